The van der Waals surface area contributed by atoms with Gasteiger partial charge in [-0.1, -0.05) is 18.2 Å². The van der Waals surface area contributed by atoms with Crippen LogP contribution < -0.4 is 4.90 Å². The molecule has 1 aromatic carbocycles. The van der Waals surface area contributed by atoms with Crippen LogP contribution in [0.1, 0.15) is 16.5 Å². The molecule has 0 aliphatic heterocycles. The average molecular weight is 275 g/mol. The molecular formula is C15H19N2OS+. The van der Waals surface area contributed by atoms with E-state index in [0.717, 1.165) is 12.1 Å². The Labute approximate surface area is 117 Å². The molecule has 0 bridgehead atoms. The van der Waals surface area contributed by atoms with E-state index in [1.165, 1.54) is 9.78 Å². The molecule has 1 heterocycles. The van der Waals surface area contributed by atoms with Gasteiger partial charge in [-0.25, -0.2) is 0 Å². The summed E-state index contributed by atoms with van der Waals surface area (Å²) in [6, 6.07) is 11.8. The van der Waals surface area contributed by atoms with Crippen molar-refractivity contribution < 1.29 is 10.0 Å². The fourth-order valence-corrected chi connectivity index (χ4v) is 2.85. The first-order chi connectivity index (χ1) is 9.18. The zero-order chi connectivity index (χ0) is 13.7. The quantitative estimate of drug-likeness (QED) is 0.802. The van der Waals surface area contributed by atoms with Gasteiger partial charge >= 0.3 is 0 Å². The van der Waals surface area contributed by atoms with Crippen LogP contribution in [0.5, 0.6) is 5.75 Å². The summed E-state index contributed by atoms with van der Waals surface area (Å²) in [6.07, 6.45) is 1.75. The second-order valence-corrected chi connectivity index (χ2v) is 5.68. The van der Waals surface area contributed by atoms with E-state index in [1.54, 1.807) is 23.6 Å². The molecule has 0 aliphatic carbocycles. The highest BCUT2D eigenvalue weighted by atomic mass is 32.1. The van der Waals surface area contributed by atoms with Gasteiger partial charge in [0, 0.05) is 11.8 Å². The molecule has 0 amide bonds. The molecule has 4 heteroatoms. The minimum Gasteiger partial charge on any atom is -0.507 e. The number of benzene rings is 1. The van der Waals surface area contributed by atoms with Crippen molar-refractivity contribution in [3.8, 4) is 5.75 Å². The zero-order valence-electron chi connectivity index (χ0n) is 11.2. The number of aromatic hydroxyl groups is 1. The van der Waals surface area contributed by atoms with Gasteiger partial charge in [-0.05, 0) is 23.6 Å². The Morgan fingerprint density at radius 1 is 1.26 bits per heavy atom. The van der Waals surface area contributed by atoms with Crippen LogP contribution >= 0.6 is 11.3 Å². The molecule has 0 aliphatic rings. The molecule has 0 saturated heterocycles. The number of phenolic OH excluding ortho intramolecular Hbond substituents is 1. The summed E-state index contributed by atoms with van der Waals surface area (Å²) in [4.78, 5) is 7.18. The van der Waals surface area contributed by atoms with Crippen molar-refractivity contribution >= 4 is 17.6 Å². The number of hydrogen-bond donors (Lipinski definition) is 2. The third-order valence-electron chi connectivity index (χ3n) is 3.04. The van der Waals surface area contributed by atoms with E-state index in [1.807, 2.05) is 18.2 Å². The molecular weight excluding hydrogens is 256 g/mol. The predicted molar refractivity (Wildman–Crippen MR) is 80.4 cm³/mol. The van der Waals surface area contributed by atoms with Gasteiger partial charge in [0.1, 0.15) is 11.8 Å². The Balaban J connectivity index is 2.06. The summed E-state index contributed by atoms with van der Waals surface area (Å²) >= 11 is 1.76. The highest BCUT2D eigenvalue weighted by molar-refractivity contribution is 7.10. The molecule has 0 fully saturated rings. The number of hydrogen-bond acceptors (Lipinski definition) is 3. The molecule has 3 nitrogen and oxygen atoms in total. The maximum absolute atomic E-state index is 9.67. The summed E-state index contributed by atoms with van der Waals surface area (Å²) in [5.41, 5.74) is 0.765. The van der Waals surface area contributed by atoms with Crippen LogP contribution in [-0.2, 0) is 0 Å². The number of phenols is 1. The second-order valence-electron chi connectivity index (χ2n) is 4.70. The van der Waals surface area contributed by atoms with Gasteiger partial charge in [0.25, 0.3) is 0 Å². The first-order valence-electron chi connectivity index (χ1n) is 6.29. The standard InChI is InChI=1S/C15H18N2OS/c1-17(2)13(15-8-5-9-19-15)11-16-10-12-6-3-4-7-14(12)18/h3-10,13,18H,11H2,1-2H3/p+1/t13-/m1/s1. The van der Waals surface area contributed by atoms with Crippen molar-refractivity contribution in [3.05, 3.63) is 52.2 Å². The summed E-state index contributed by atoms with van der Waals surface area (Å²) in [5.74, 6) is 0.274. The summed E-state index contributed by atoms with van der Waals surface area (Å²) in [6.45, 7) is 0.719. The van der Waals surface area contributed by atoms with Crippen LogP contribution in [0.3, 0.4) is 0 Å². The molecule has 0 radical (unpaired) electrons. The van der Waals surface area contributed by atoms with Gasteiger partial charge < -0.3 is 10.0 Å². The number of aliphatic imine (C=N–C) groups is 1. The maximum atomic E-state index is 9.67. The molecule has 1 atom stereocenters. The van der Waals surface area contributed by atoms with Crippen molar-refractivity contribution in [1.82, 2.24) is 0 Å². The number of nitrogens with zero attached hydrogens (tertiary/aromatic N) is 1. The lowest BCUT2D eigenvalue weighted by molar-refractivity contribution is -0.890. The molecule has 100 valence electrons. The van der Waals surface area contributed by atoms with Crippen LogP contribution in [0.15, 0.2) is 46.8 Å². The summed E-state index contributed by atoms with van der Waals surface area (Å²) in [5, 5.41) is 11.8. The molecule has 0 spiro atoms. The topological polar surface area (TPSA) is 37.0 Å². The Morgan fingerprint density at radius 3 is 2.68 bits per heavy atom. The van der Waals surface area contributed by atoms with Crippen molar-refractivity contribution in [1.29, 1.82) is 0 Å². The number of para-hydroxylation sites is 1. The Hall–Kier alpha value is -1.65. The molecule has 2 N–H and O–H groups in total. The monoisotopic (exact) mass is 275 g/mol. The van der Waals surface area contributed by atoms with Crippen LogP contribution in [0.4, 0.5) is 0 Å². The van der Waals surface area contributed by atoms with Gasteiger partial charge in [0.2, 0.25) is 0 Å². The van der Waals surface area contributed by atoms with Crippen molar-refractivity contribution in [2.24, 2.45) is 4.99 Å². The van der Waals surface area contributed by atoms with E-state index < -0.39 is 0 Å². The molecule has 19 heavy (non-hydrogen) atoms. The van der Waals surface area contributed by atoms with E-state index in [9.17, 15) is 5.11 Å². The van der Waals surface area contributed by atoms with Gasteiger partial charge in [-0.15, -0.1) is 11.3 Å². The second kappa shape index (κ2) is 6.50. The lowest BCUT2D eigenvalue weighted by atomic mass is 10.2. The average Bonchev–Trinajstić information content (AvgIpc) is 2.89. The van der Waals surface area contributed by atoms with E-state index in [-0.39, 0.29) is 5.75 Å². The fourth-order valence-electron chi connectivity index (χ4n) is 1.90. The minimum absolute atomic E-state index is 0.274. The number of thiophene rings is 1. The fraction of sp³-hybridized carbons (Fsp3) is 0.267. The van der Waals surface area contributed by atoms with E-state index in [0.29, 0.717) is 6.04 Å². The first-order valence-corrected chi connectivity index (χ1v) is 7.17. The van der Waals surface area contributed by atoms with Crippen LogP contribution in [0, 0.1) is 0 Å². The third kappa shape index (κ3) is 3.66. The molecule has 0 unspecified atom stereocenters. The lowest BCUT2D eigenvalue weighted by Crippen LogP contribution is -3.06. The number of quaternary nitrogens is 1. The number of nitrogens with one attached hydrogen (secondary N) is 1. The van der Waals surface area contributed by atoms with E-state index in [4.69, 9.17) is 0 Å². The molecule has 2 aromatic rings. The van der Waals surface area contributed by atoms with Crippen molar-refractivity contribution in [3.63, 3.8) is 0 Å². The molecule has 2 rings (SSSR count). The Kier molecular flexibility index (Phi) is 4.71. The maximum Gasteiger partial charge on any atom is 0.142 e. The SMILES string of the molecule is C[NH+](C)[C@H](CN=Cc1ccccc1O)c1cccs1. The van der Waals surface area contributed by atoms with Gasteiger partial charge in [-0.2, -0.15) is 0 Å². The normalized spacial score (nSPS) is 13.2. The van der Waals surface area contributed by atoms with Gasteiger partial charge in [-0.3, -0.25) is 4.99 Å². The highest BCUT2D eigenvalue weighted by Gasteiger charge is 2.17. The van der Waals surface area contributed by atoms with Gasteiger partial charge in [0.05, 0.1) is 25.5 Å². The van der Waals surface area contributed by atoms with Crippen molar-refractivity contribution in [2.75, 3.05) is 20.6 Å². The molecule has 1 aromatic heterocycles. The Bertz CT molecular complexity index is 535. The number of likely N-dealkylation sites (N-methyl/N-ethyl adjacent to an activating group) is 1. The van der Waals surface area contributed by atoms with E-state index in [2.05, 4.69) is 36.6 Å². The summed E-state index contributed by atoms with van der Waals surface area (Å²) < 4.78 is 0. The van der Waals surface area contributed by atoms with Crippen LogP contribution in [0.25, 0.3) is 0 Å². The number of rotatable bonds is 5. The molecule has 0 saturated carbocycles. The predicted octanol–water partition coefficient (Wildman–Crippen LogP) is 1.76. The van der Waals surface area contributed by atoms with Gasteiger partial charge in [0.15, 0.2) is 0 Å². The van der Waals surface area contributed by atoms with E-state index >= 15 is 0 Å². The summed E-state index contributed by atoms with van der Waals surface area (Å²) in [7, 11) is 4.28. The first kappa shape index (κ1) is 13.8. The minimum atomic E-state index is 0.274. The lowest BCUT2D eigenvalue weighted by Gasteiger charge is -2.18. The zero-order valence-corrected chi connectivity index (χ0v) is 12.0. The van der Waals surface area contributed by atoms with Crippen molar-refractivity contribution in [2.45, 2.75) is 6.04 Å². The third-order valence-corrected chi connectivity index (χ3v) is 4.02. The largest absolute Gasteiger partial charge is 0.507 e. The highest BCUT2D eigenvalue weighted by Crippen LogP contribution is 2.17. The van der Waals surface area contributed by atoms with Crippen LogP contribution in [-0.4, -0.2) is 32.0 Å². The Morgan fingerprint density at radius 2 is 2.05 bits per heavy atom. The van der Waals surface area contributed by atoms with Crippen LogP contribution in [0.2, 0.25) is 0 Å². The smallest absolute Gasteiger partial charge is 0.142 e.